The number of carbonyl (C=O) groups is 3. The van der Waals surface area contributed by atoms with Crippen molar-refractivity contribution < 1.29 is 19.5 Å². The van der Waals surface area contributed by atoms with Crippen molar-refractivity contribution in [2.24, 2.45) is 23.7 Å². The van der Waals surface area contributed by atoms with Crippen molar-refractivity contribution in [3.63, 3.8) is 0 Å². The number of aromatic nitrogens is 2. The van der Waals surface area contributed by atoms with Gasteiger partial charge in [0.2, 0.25) is 5.91 Å². The molecule has 2 fully saturated rings. The van der Waals surface area contributed by atoms with Crippen molar-refractivity contribution in [2.75, 3.05) is 13.1 Å². The van der Waals surface area contributed by atoms with Gasteiger partial charge in [-0.05, 0) is 73.1 Å². The number of carbonyl (C=O) groups excluding carboxylic acids is 2. The fraction of sp³-hybridized carbons (Fsp3) is 0.447. The molecule has 0 spiro atoms. The van der Waals surface area contributed by atoms with Crippen molar-refractivity contribution in [3.8, 4) is 11.4 Å². The lowest BCUT2D eigenvalue weighted by atomic mass is 9.71. The van der Waals surface area contributed by atoms with Gasteiger partial charge in [0, 0.05) is 48.6 Å². The Balaban J connectivity index is 1.08. The molecule has 1 aliphatic heterocycles. The maximum absolute atomic E-state index is 13.3. The molecule has 2 N–H and O–H groups in total. The third-order valence-electron chi connectivity index (χ3n) is 10.4. The van der Waals surface area contributed by atoms with Crippen molar-refractivity contribution >= 4 is 23.4 Å². The van der Waals surface area contributed by atoms with Crippen LogP contribution in [-0.4, -0.2) is 56.9 Å². The van der Waals surface area contributed by atoms with E-state index in [4.69, 9.17) is 0 Å². The number of hydrogen-bond donors (Lipinski definition) is 2. The Morgan fingerprint density at radius 3 is 2.20 bits per heavy atom. The third-order valence-corrected chi connectivity index (χ3v) is 10.4. The summed E-state index contributed by atoms with van der Waals surface area (Å²) in [5.74, 6) is 1.18. The predicted octanol–water partition coefficient (Wildman–Crippen LogP) is 6.43. The topological polar surface area (TPSA) is 112 Å². The molecule has 2 atom stereocenters. The number of carboxylic acid groups (broad SMARTS) is 1. The van der Waals surface area contributed by atoms with E-state index in [1.807, 2.05) is 42.7 Å². The SMILES string of the molecule is CCC1CCC(C2CC=C(c3cnc(-c4ccc(CC(NC(=O)c5ccccc5)C(=O)N5CC(C(=O)O)C5)cc4)nc3)CC2)CC1. The average molecular weight is 621 g/mol. The van der Waals surface area contributed by atoms with Gasteiger partial charge in [-0.1, -0.05) is 74.7 Å². The average Bonchev–Trinajstić information content (AvgIpc) is 3.08. The van der Waals surface area contributed by atoms with Crippen LogP contribution in [0.5, 0.6) is 0 Å². The monoisotopic (exact) mass is 620 g/mol. The van der Waals surface area contributed by atoms with Gasteiger partial charge in [-0.25, -0.2) is 9.97 Å². The number of allylic oxidation sites excluding steroid dienone is 2. The number of aliphatic carboxylic acids is 1. The van der Waals surface area contributed by atoms with Crippen LogP contribution in [0.15, 0.2) is 73.1 Å². The molecule has 2 amide bonds. The molecule has 240 valence electrons. The van der Waals surface area contributed by atoms with Crippen LogP contribution in [0.1, 0.15) is 79.8 Å². The highest BCUT2D eigenvalue weighted by molar-refractivity contribution is 5.98. The lowest BCUT2D eigenvalue weighted by molar-refractivity contribution is -0.153. The molecule has 46 heavy (non-hydrogen) atoms. The lowest BCUT2D eigenvalue weighted by Gasteiger charge is -2.39. The van der Waals surface area contributed by atoms with Gasteiger partial charge in [0.1, 0.15) is 6.04 Å². The number of likely N-dealkylation sites (tertiary alicyclic amines) is 1. The van der Waals surface area contributed by atoms with Crippen LogP contribution in [0, 0.1) is 23.7 Å². The fourth-order valence-electron chi connectivity index (χ4n) is 7.35. The third kappa shape index (κ3) is 7.38. The summed E-state index contributed by atoms with van der Waals surface area (Å²) < 4.78 is 0. The van der Waals surface area contributed by atoms with Crippen LogP contribution in [-0.2, 0) is 16.0 Å². The van der Waals surface area contributed by atoms with Crippen LogP contribution < -0.4 is 5.32 Å². The molecule has 6 rings (SSSR count). The molecule has 2 unspecified atom stereocenters. The smallest absolute Gasteiger partial charge is 0.310 e. The molecule has 8 nitrogen and oxygen atoms in total. The van der Waals surface area contributed by atoms with Crippen LogP contribution in [0.4, 0.5) is 0 Å². The zero-order chi connectivity index (χ0) is 32.0. The van der Waals surface area contributed by atoms with E-state index >= 15 is 0 Å². The second-order valence-corrected chi connectivity index (χ2v) is 13.3. The second-order valence-electron chi connectivity index (χ2n) is 13.3. The Morgan fingerprint density at radius 1 is 0.891 bits per heavy atom. The summed E-state index contributed by atoms with van der Waals surface area (Å²) in [6.07, 6.45) is 17.0. The first-order valence-electron chi connectivity index (χ1n) is 16.9. The maximum atomic E-state index is 13.3. The number of rotatable bonds is 10. The van der Waals surface area contributed by atoms with E-state index in [0.717, 1.165) is 47.3 Å². The van der Waals surface area contributed by atoms with Crippen molar-refractivity contribution in [3.05, 3.63) is 89.8 Å². The molecule has 1 saturated heterocycles. The molecular weight excluding hydrogens is 576 g/mol. The predicted molar refractivity (Wildman–Crippen MR) is 178 cm³/mol. The van der Waals surface area contributed by atoms with Crippen LogP contribution in [0.3, 0.4) is 0 Å². The Morgan fingerprint density at radius 2 is 1.59 bits per heavy atom. The molecule has 3 aliphatic rings. The number of carboxylic acids is 1. The summed E-state index contributed by atoms with van der Waals surface area (Å²) in [5, 5.41) is 12.1. The van der Waals surface area contributed by atoms with Crippen LogP contribution in [0.2, 0.25) is 0 Å². The number of hydrogen-bond acceptors (Lipinski definition) is 5. The second kappa shape index (κ2) is 14.4. The zero-order valence-corrected chi connectivity index (χ0v) is 26.6. The summed E-state index contributed by atoms with van der Waals surface area (Å²) in [7, 11) is 0. The summed E-state index contributed by atoms with van der Waals surface area (Å²) in [4.78, 5) is 48.4. The summed E-state index contributed by atoms with van der Waals surface area (Å²) >= 11 is 0. The first kappa shape index (κ1) is 31.6. The van der Waals surface area contributed by atoms with Crippen molar-refractivity contribution in [2.45, 2.75) is 70.8 Å². The van der Waals surface area contributed by atoms with Crippen LogP contribution >= 0.6 is 0 Å². The normalized spacial score (nSPS) is 22.3. The van der Waals surface area contributed by atoms with E-state index in [2.05, 4.69) is 28.3 Å². The molecule has 2 heterocycles. The first-order valence-corrected chi connectivity index (χ1v) is 16.9. The van der Waals surface area contributed by atoms with E-state index in [-0.39, 0.29) is 31.3 Å². The molecule has 2 aliphatic carbocycles. The molecule has 0 radical (unpaired) electrons. The molecular formula is C38H44N4O4. The van der Waals surface area contributed by atoms with Crippen molar-refractivity contribution in [1.82, 2.24) is 20.2 Å². The summed E-state index contributed by atoms with van der Waals surface area (Å²) in [6, 6.07) is 15.7. The highest BCUT2D eigenvalue weighted by Crippen LogP contribution is 2.41. The van der Waals surface area contributed by atoms with E-state index in [0.29, 0.717) is 11.4 Å². The van der Waals surface area contributed by atoms with Crippen LogP contribution in [0.25, 0.3) is 17.0 Å². The number of amides is 2. The maximum Gasteiger partial charge on any atom is 0.310 e. The molecule has 8 heteroatoms. The molecule has 3 aromatic rings. The zero-order valence-electron chi connectivity index (χ0n) is 26.6. The molecule has 2 aromatic carbocycles. The van der Waals surface area contributed by atoms with Crippen molar-refractivity contribution in [1.29, 1.82) is 0 Å². The molecule has 0 bridgehead atoms. The highest BCUT2D eigenvalue weighted by atomic mass is 16.4. The number of nitrogens with one attached hydrogen (secondary N) is 1. The Bertz CT molecular complexity index is 1540. The molecule has 1 aromatic heterocycles. The van der Waals surface area contributed by atoms with Gasteiger partial charge in [0.05, 0.1) is 5.92 Å². The van der Waals surface area contributed by atoms with Gasteiger partial charge in [-0.3, -0.25) is 14.4 Å². The largest absolute Gasteiger partial charge is 0.481 e. The number of nitrogens with zero attached hydrogens (tertiary/aromatic N) is 3. The Hall–Kier alpha value is -4.33. The van der Waals surface area contributed by atoms with Gasteiger partial charge >= 0.3 is 5.97 Å². The van der Waals surface area contributed by atoms with Gasteiger partial charge < -0.3 is 15.3 Å². The van der Waals surface area contributed by atoms with E-state index in [1.165, 1.54) is 49.0 Å². The minimum absolute atomic E-state index is 0.148. The summed E-state index contributed by atoms with van der Waals surface area (Å²) in [6.45, 7) is 2.63. The van der Waals surface area contributed by atoms with Gasteiger partial charge in [0.15, 0.2) is 5.82 Å². The van der Waals surface area contributed by atoms with E-state index in [9.17, 15) is 19.5 Å². The van der Waals surface area contributed by atoms with Gasteiger partial charge in [-0.2, -0.15) is 0 Å². The minimum Gasteiger partial charge on any atom is -0.481 e. The lowest BCUT2D eigenvalue weighted by Crippen LogP contribution is -2.59. The van der Waals surface area contributed by atoms with E-state index in [1.54, 1.807) is 24.3 Å². The summed E-state index contributed by atoms with van der Waals surface area (Å²) in [5.41, 5.74) is 4.65. The quantitative estimate of drug-likeness (QED) is 0.270. The highest BCUT2D eigenvalue weighted by Gasteiger charge is 2.39. The fourth-order valence-corrected chi connectivity index (χ4v) is 7.35. The first-order chi connectivity index (χ1) is 22.4. The van der Waals surface area contributed by atoms with Gasteiger partial charge in [-0.15, -0.1) is 0 Å². The molecule has 1 saturated carbocycles. The standard InChI is InChI=1S/C38H44N4O4/c1-2-25-8-12-27(13-9-25)28-16-18-29(19-17-28)32-21-39-35(40-22-32)30-14-10-26(11-15-30)20-34(37(44)42-23-33(24-42)38(45)46)41-36(43)31-6-4-3-5-7-31/h3-7,10-11,14-15,18,21-22,25,27-28,33-34H,2,8-9,12-13,16-17,19-20,23-24H2,1H3,(H,41,43)(H,45,46). The minimum atomic E-state index is -0.913. The van der Waals surface area contributed by atoms with Gasteiger partial charge in [0.25, 0.3) is 5.91 Å². The Labute approximate surface area is 271 Å². The van der Waals surface area contributed by atoms with E-state index < -0.39 is 17.9 Å². The number of benzene rings is 2. The Kier molecular flexibility index (Phi) is 9.91.